The topological polar surface area (TPSA) is 46.6 Å². The summed E-state index contributed by atoms with van der Waals surface area (Å²) in [4.78, 5) is 12.9. The number of benzene rings is 1. The Labute approximate surface area is 94.5 Å². The van der Waals surface area contributed by atoms with Crippen LogP contribution in [-0.4, -0.2) is 25.2 Å². The molecule has 1 aliphatic rings. The Morgan fingerprint density at radius 2 is 2.31 bits per heavy atom. The molecule has 0 radical (unpaired) electrons. The summed E-state index contributed by atoms with van der Waals surface area (Å²) in [5.41, 5.74) is 2.14. The van der Waals surface area contributed by atoms with Gasteiger partial charge >= 0.3 is 93.8 Å². The van der Waals surface area contributed by atoms with Crippen molar-refractivity contribution < 1.29 is 14.2 Å². The van der Waals surface area contributed by atoms with E-state index >= 15 is 0 Å². The average Bonchev–Trinajstić information content (AvgIpc) is 2.67. The van der Waals surface area contributed by atoms with Crippen molar-refractivity contribution in [3.63, 3.8) is 0 Å². The van der Waals surface area contributed by atoms with Crippen LogP contribution in [0.25, 0.3) is 0 Å². The Kier molecular flexibility index (Phi) is 3.03. The molecule has 0 saturated heterocycles. The number of ether oxygens (including phenoxy) is 1. The summed E-state index contributed by atoms with van der Waals surface area (Å²) >= 11 is 0. The average molecular weight is 217 g/mol. The van der Waals surface area contributed by atoms with Gasteiger partial charge in [-0.25, -0.2) is 0 Å². The Bertz CT molecular complexity index is 421. The van der Waals surface area contributed by atoms with Gasteiger partial charge in [0.05, 0.1) is 0 Å². The van der Waals surface area contributed by atoms with Crippen LogP contribution in [0.1, 0.15) is 23.6 Å². The van der Waals surface area contributed by atoms with Gasteiger partial charge in [0.15, 0.2) is 0 Å². The summed E-state index contributed by atoms with van der Waals surface area (Å²) in [6, 6.07) is 7.59. The predicted molar refractivity (Wildman–Crippen MR) is 57.8 cm³/mol. The van der Waals surface area contributed by atoms with Crippen molar-refractivity contribution in [2.45, 2.75) is 19.0 Å². The summed E-state index contributed by atoms with van der Waals surface area (Å²) in [5, 5.41) is 0. The number of hydrogen-bond acceptors (Lipinski definition) is 3. The number of rotatable bonds is 3. The summed E-state index contributed by atoms with van der Waals surface area (Å²) in [7, 11) is 2.14. The second kappa shape index (κ2) is 4.47. The predicted octanol–water partition coefficient (Wildman–Crippen LogP) is 1.07. The number of hydrogen-bond donors (Lipinski definition) is 0. The molecule has 0 N–H and O–H groups in total. The first-order valence-corrected chi connectivity index (χ1v) is 5.12. The number of fused-ring (bicyclic) bond motifs is 1. The van der Waals surface area contributed by atoms with E-state index in [0.717, 1.165) is 18.4 Å². The Morgan fingerprint density at radius 1 is 1.56 bits per heavy atom. The van der Waals surface area contributed by atoms with Crippen LogP contribution in [0.15, 0.2) is 24.3 Å². The fraction of sp³-hybridized carbons (Fsp3) is 0.364. The molecule has 4 nitrogen and oxygen atoms in total. The van der Waals surface area contributed by atoms with E-state index in [1.54, 1.807) is 4.81 Å². The summed E-state index contributed by atoms with van der Waals surface area (Å²) in [6.45, 7) is 0.571. The van der Waals surface area contributed by atoms with E-state index in [1.807, 2.05) is 24.3 Å². The number of carbonyl (C=O) groups excluding carboxylic acids is 1. The van der Waals surface area contributed by atoms with Crippen molar-refractivity contribution in [3.05, 3.63) is 35.4 Å². The molecule has 0 amide bonds. The quantitative estimate of drug-likeness (QED) is 0.561. The maximum absolute atomic E-state index is 11.3. The first-order valence-electron chi connectivity index (χ1n) is 5.12. The van der Waals surface area contributed by atoms with Crippen LogP contribution in [-0.2, 0) is 20.8 Å². The molecule has 0 spiro atoms. The molecule has 0 fully saturated rings. The van der Waals surface area contributed by atoms with E-state index in [9.17, 15) is 9.50 Å². The third-order valence-electron chi connectivity index (χ3n) is 2.89. The van der Waals surface area contributed by atoms with Crippen LogP contribution in [0.4, 0.5) is 0 Å². The van der Waals surface area contributed by atoms with Crippen molar-refractivity contribution in [1.82, 2.24) is 4.81 Å². The molecule has 1 atom stereocenters. The molecule has 1 heterocycles. The Balaban J connectivity index is 2.27. The van der Waals surface area contributed by atoms with E-state index < -0.39 is 0 Å². The van der Waals surface area contributed by atoms with Crippen molar-refractivity contribution >= 4 is 13.3 Å². The van der Waals surface area contributed by atoms with Crippen LogP contribution >= 0.6 is 0 Å². The Hall–Kier alpha value is -1.65. The van der Waals surface area contributed by atoms with Crippen molar-refractivity contribution in [1.29, 1.82) is 0 Å². The number of nitrogens with zero attached hydrogens (tertiary/aromatic N) is 1. The molecule has 1 unspecified atom stereocenters. The van der Waals surface area contributed by atoms with Crippen LogP contribution in [0.5, 0.6) is 0 Å². The van der Waals surface area contributed by atoms with Gasteiger partial charge in [-0.2, -0.15) is 0 Å². The minimum absolute atomic E-state index is 0.179. The first-order chi connectivity index (χ1) is 7.76. The van der Waals surface area contributed by atoms with Gasteiger partial charge in [-0.15, -0.1) is 0 Å². The second-order valence-corrected chi connectivity index (χ2v) is 3.77. The zero-order chi connectivity index (χ0) is 11.5. The van der Waals surface area contributed by atoms with Gasteiger partial charge in [0.1, 0.15) is 0 Å². The van der Waals surface area contributed by atoms with Crippen LogP contribution < -0.4 is 0 Å². The molecule has 0 aromatic heterocycles. The fourth-order valence-electron chi connectivity index (χ4n) is 2.07. The molecule has 1 aromatic carbocycles. The molecule has 16 heavy (non-hydrogen) atoms. The standard InChI is InChI=1S/C11H12BNO3/c1-16-11(14)6-10-9-5-3-2-4-8(9)7-13(10)12-15/h2-5,10H,6-7H2,1H3. The molecule has 0 aliphatic carbocycles. The van der Waals surface area contributed by atoms with E-state index in [1.165, 1.54) is 7.11 Å². The van der Waals surface area contributed by atoms with E-state index in [0.29, 0.717) is 6.54 Å². The summed E-state index contributed by atoms with van der Waals surface area (Å²) in [5.74, 6) is -0.298. The number of methoxy groups -OCH3 is 1. The summed E-state index contributed by atoms with van der Waals surface area (Å²) < 4.78 is 15.6. The fourth-order valence-corrected chi connectivity index (χ4v) is 2.07. The zero-order valence-electron chi connectivity index (χ0n) is 9.05. The molecule has 82 valence electrons. The monoisotopic (exact) mass is 217 g/mol. The van der Waals surface area contributed by atoms with Gasteiger partial charge < -0.3 is 0 Å². The normalized spacial score (nSPS) is 17.8. The van der Waals surface area contributed by atoms with Gasteiger partial charge in [0.2, 0.25) is 0 Å². The molecule has 0 saturated carbocycles. The van der Waals surface area contributed by atoms with Crippen molar-refractivity contribution in [2.75, 3.05) is 7.11 Å². The first kappa shape index (κ1) is 10.9. The SMILES string of the molecule is COC(=O)CC1c2ccccc2CN1B=O. The molecule has 0 bridgehead atoms. The summed E-state index contributed by atoms with van der Waals surface area (Å²) in [6.07, 6.45) is 0.215. The second-order valence-electron chi connectivity index (χ2n) is 3.77. The zero-order valence-corrected chi connectivity index (χ0v) is 9.05. The van der Waals surface area contributed by atoms with Crippen molar-refractivity contribution in [2.24, 2.45) is 0 Å². The van der Waals surface area contributed by atoms with Gasteiger partial charge in [0.25, 0.3) is 0 Å². The van der Waals surface area contributed by atoms with Gasteiger partial charge in [-0.3, -0.25) is 0 Å². The van der Waals surface area contributed by atoms with Crippen LogP contribution in [0.3, 0.4) is 0 Å². The molecule has 1 aliphatic heterocycles. The molecular formula is C11H12BNO3. The van der Waals surface area contributed by atoms with Gasteiger partial charge in [-0.05, 0) is 0 Å². The number of esters is 1. The molecular weight excluding hydrogens is 205 g/mol. The van der Waals surface area contributed by atoms with Gasteiger partial charge in [0, 0.05) is 0 Å². The third-order valence-corrected chi connectivity index (χ3v) is 2.89. The van der Waals surface area contributed by atoms with E-state index in [2.05, 4.69) is 4.74 Å². The maximum atomic E-state index is 11.3. The van der Waals surface area contributed by atoms with E-state index in [-0.39, 0.29) is 18.4 Å². The Morgan fingerprint density at radius 3 is 3.00 bits per heavy atom. The molecule has 5 heteroatoms. The van der Waals surface area contributed by atoms with Crippen LogP contribution in [0.2, 0.25) is 0 Å². The molecule has 2 rings (SSSR count). The van der Waals surface area contributed by atoms with Crippen LogP contribution in [0, 0.1) is 0 Å². The van der Waals surface area contributed by atoms with Gasteiger partial charge in [-0.1, -0.05) is 0 Å². The third kappa shape index (κ3) is 1.85. The number of carbonyl (C=O) groups is 1. The molecule has 1 aromatic rings. The van der Waals surface area contributed by atoms with Crippen molar-refractivity contribution in [3.8, 4) is 0 Å². The van der Waals surface area contributed by atoms with E-state index in [4.69, 9.17) is 0 Å². The minimum atomic E-state index is -0.298.